The van der Waals surface area contributed by atoms with Crippen molar-refractivity contribution in [3.05, 3.63) is 24.3 Å². The Morgan fingerprint density at radius 2 is 1.83 bits per heavy atom. The van der Waals surface area contributed by atoms with E-state index in [4.69, 9.17) is 4.74 Å². The minimum Gasteiger partial charge on any atom is -0.490 e. The largest absolute Gasteiger partial charge is 0.490 e. The Labute approximate surface area is 78.2 Å². The van der Waals surface area contributed by atoms with Crippen LogP contribution in [0.1, 0.15) is 19.3 Å². The molecule has 1 saturated carbocycles. The zero-order valence-electron chi connectivity index (χ0n) is 6.86. The van der Waals surface area contributed by atoms with Crippen molar-refractivity contribution < 1.29 is 4.74 Å². The molecule has 1 aromatic carbocycles. The van der Waals surface area contributed by atoms with E-state index in [1.165, 1.54) is 19.3 Å². The molecule has 0 N–H and O–H groups in total. The Morgan fingerprint density at radius 3 is 2.33 bits per heavy atom. The molecule has 2 rings (SSSR count). The molecule has 12 heavy (non-hydrogen) atoms. The Balaban J connectivity index is 1.98. The topological polar surface area (TPSA) is 9.23 Å². The number of thiol groups is 1. The van der Waals surface area contributed by atoms with E-state index in [1.54, 1.807) is 0 Å². The van der Waals surface area contributed by atoms with Gasteiger partial charge >= 0.3 is 0 Å². The maximum absolute atomic E-state index is 5.67. The Bertz CT molecular complexity index is 251. The summed E-state index contributed by atoms with van der Waals surface area (Å²) in [6.45, 7) is 0. The van der Waals surface area contributed by atoms with Crippen LogP contribution in [-0.2, 0) is 0 Å². The summed E-state index contributed by atoms with van der Waals surface area (Å²) in [5.41, 5.74) is 0. The van der Waals surface area contributed by atoms with Crippen LogP contribution < -0.4 is 4.74 Å². The van der Waals surface area contributed by atoms with Crippen LogP contribution in [0.4, 0.5) is 0 Å². The molecule has 0 saturated heterocycles. The van der Waals surface area contributed by atoms with Crippen LogP contribution in [0.2, 0.25) is 0 Å². The van der Waals surface area contributed by atoms with Gasteiger partial charge in [0.15, 0.2) is 0 Å². The van der Waals surface area contributed by atoms with E-state index in [-0.39, 0.29) is 0 Å². The molecule has 1 nitrogen and oxygen atoms in total. The van der Waals surface area contributed by atoms with Crippen molar-refractivity contribution in [1.82, 2.24) is 0 Å². The summed E-state index contributed by atoms with van der Waals surface area (Å²) >= 11 is 4.20. The van der Waals surface area contributed by atoms with Crippen molar-refractivity contribution in [3.8, 4) is 5.75 Å². The molecule has 0 unspecified atom stereocenters. The van der Waals surface area contributed by atoms with Gasteiger partial charge in [-0.2, -0.15) is 0 Å². The second-order valence-corrected chi connectivity index (χ2v) is 3.68. The third-order valence-corrected chi connectivity index (χ3v) is 2.49. The van der Waals surface area contributed by atoms with Gasteiger partial charge in [-0.3, -0.25) is 0 Å². The van der Waals surface area contributed by atoms with E-state index < -0.39 is 0 Å². The van der Waals surface area contributed by atoms with Crippen LogP contribution in [0.3, 0.4) is 0 Å². The minimum atomic E-state index is 0.468. The zero-order valence-corrected chi connectivity index (χ0v) is 7.76. The molecule has 1 fully saturated rings. The van der Waals surface area contributed by atoms with Crippen molar-refractivity contribution in [2.24, 2.45) is 0 Å². The molecule has 1 aromatic rings. The van der Waals surface area contributed by atoms with Gasteiger partial charge in [0.1, 0.15) is 5.75 Å². The molecule has 64 valence electrons. The van der Waals surface area contributed by atoms with E-state index in [9.17, 15) is 0 Å². The van der Waals surface area contributed by atoms with Crippen LogP contribution in [0.25, 0.3) is 0 Å². The number of rotatable bonds is 2. The fourth-order valence-electron chi connectivity index (χ4n) is 1.21. The fraction of sp³-hybridized carbons (Fsp3) is 0.400. The average Bonchev–Trinajstić information content (AvgIpc) is 2.00. The number of benzene rings is 1. The fourth-order valence-corrected chi connectivity index (χ4v) is 1.35. The summed E-state index contributed by atoms with van der Waals surface area (Å²) in [4.78, 5) is 0.982. The Morgan fingerprint density at radius 1 is 1.17 bits per heavy atom. The lowest BCUT2D eigenvalue weighted by Crippen LogP contribution is -2.24. The zero-order chi connectivity index (χ0) is 8.39. The van der Waals surface area contributed by atoms with Crippen molar-refractivity contribution >= 4 is 12.6 Å². The second kappa shape index (κ2) is 3.40. The highest BCUT2D eigenvalue weighted by molar-refractivity contribution is 7.80. The molecule has 0 atom stereocenters. The molecule has 0 radical (unpaired) electrons. The summed E-state index contributed by atoms with van der Waals surface area (Å²) in [7, 11) is 0. The van der Waals surface area contributed by atoms with Gasteiger partial charge in [0.05, 0.1) is 6.10 Å². The first-order chi connectivity index (χ1) is 5.84. The van der Waals surface area contributed by atoms with E-state index in [0.717, 1.165) is 10.6 Å². The van der Waals surface area contributed by atoms with E-state index in [2.05, 4.69) is 12.6 Å². The average molecular weight is 180 g/mol. The minimum absolute atomic E-state index is 0.468. The molecule has 1 aliphatic carbocycles. The lowest BCUT2D eigenvalue weighted by Gasteiger charge is -2.26. The van der Waals surface area contributed by atoms with Gasteiger partial charge < -0.3 is 4.74 Å². The molecule has 0 bridgehead atoms. The quantitative estimate of drug-likeness (QED) is 0.688. The van der Waals surface area contributed by atoms with Gasteiger partial charge in [0.25, 0.3) is 0 Å². The van der Waals surface area contributed by atoms with Crippen molar-refractivity contribution in [2.75, 3.05) is 0 Å². The summed E-state index contributed by atoms with van der Waals surface area (Å²) < 4.78 is 5.67. The number of hydrogen-bond donors (Lipinski definition) is 1. The predicted octanol–water partition coefficient (Wildman–Crippen LogP) is 2.91. The lowest BCUT2D eigenvalue weighted by molar-refractivity contribution is 0.120. The van der Waals surface area contributed by atoms with Gasteiger partial charge in [0.2, 0.25) is 0 Å². The first kappa shape index (κ1) is 7.99. The van der Waals surface area contributed by atoms with Crippen molar-refractivity contribution in [1.29, 1.82) is 0 Å². The third kappa shape index (κ3) is 1.75. The van der Waals surface area contributed by atoms with E-state index >= 15 is 0 Å². The lowest BCUT2D eigenvalue weighted by atomic mass is 9.96. The van der Waals surface area contributed by atoms with Gasteiger partial charge in [0, 0.05) is 4.90 Å². The highest BCUT2D eigenvalue weighted by Crippen LogP contribution is 2.25. The van der Waals surface area contributed by atoms with E-state index in [0.29, 0.717) is 6.10 Å². The smallest absolute Gasteiger partial charge is 0.119 e. The molecule has 0 spiro atoms. The van der Waals surface area contributed by atoms with E-state index in [1.807, 2.05) is 24.3 Å². The molecule has 1 aliphatic rings. The predicted molar refractivity (Wildman–Crippen MR) is 52.0 cm³/mol. The number of ether oxygens (including phenoxy) is 1. The van der Waals surface area contributed by atoms with Gasteiger partial charge in [-0.1, -0.05) is 0 Å². The molecule has 0 aromatic heterocycles. The van der Waals surface area contributed by atoms with Crippen LogP contribution in [0.15, 0.2) is 29.2 Å². The molecule has 0 heterocycles. The Hall–Kier alpha value is -0.630. The van der Waals surface area contributed by atoms with Crippen LogP contribution in [-0.4, -0.2) is 6.10 Å². The number of hydrogen-bond acceptors (Lipinski definition) is 2. The van der Waals surface area contributed by atoms with Crippen LogP contribution in [0.5, 0.6) is 5.75 Å². The van der Waals surface area contributed by atoms with Crippen LogP contribution in [0, 0.1) is 0 Å². The van der Waals surface area contributed by atoms with Crippen molar-refractivity contribution in [2.45, 2.75) is 30.3 Å². The van der Waals surface area contributed by atoms with Gasteiger partial charge in [-0.25, -0.2) is 0 Å². The van der Waals surface area contributed by atoms with Crippen LogP contribution >= 0.6 is 12.6 Å². The SMILES string of the molecule is Sc1ccc(OC2CCC2)cc1. The second-order valence-electron chi connectivity index (χ2n) is 3.16. The normalized spacial score (nSPS) is 17.1. The summed E-state index contributed by atoms with van der Waals surface area (Å²) in [5, 5.41) is 0. The Kier molecular flexibility index (Phi) is 2.26. The molecule has 2 heteroatoms. The summed E-state index contributed by atoms with van der Waals surface area (Å²) in [6.07, 6.45) is 4.20. The monoisotopic (exact) mass is 180 g/mol. The highest BCUT2D eigenvalue weighted by atomic mass is 32.1. The summed E-state index contributed by atoms with van der Waals surface area (Å²) in [6, 6.07) is 7.86. The van der Waals surface area contributed by atoms with Gasteiger partial charge in [-0.05, 0) is 43.5 Å². The first-order valence-corrected chi connectivity index (χ1v) is 4.75. The maximum Gasteiger partial charge on any atom is 0.119 e. The molecular formula is C10H12OS. The van der Waals surface area contributed by atoms with Crippen molar-refractivity contribution in [3.63, 3.8) is 0 Å². The molecular weight excluding hydrogens is 168 g/mol. The first-order valence-electron chi connectivity index (χ1n) is 4.30. The maximum atomic E-state index is 5.67. The third-order valence-electron chi connectivity index (χ3n) is 2.19. The highest BCUT2D eigenvalue weighted by Gasteiger charge is 2.18. The standard InChI is InChI=1S/C10H12OS/c12-10-6-4-9(5-7-10)11-8-2-1-3-8/h4-8,12H,1-3H2. The molecule has 0 aliphatic heterocycles. The van der Waals surface area contributed by atoms with Gasteiger partial charge in [-0.15, -0.1) is 12.6 Å². The molecule has 0 amide bonds. The summed E-state index contributed by atoms with van der Waals surface area (Å²) in [5.74, 6) is 0.970.